The van der Waals surface area contributed by atoms with Crippen molar-refractivity contribution >= 4 is 0 Å². The van der Waals surface area contributed by atoms with E-state index in [2.05, 4.69) is 41.4 Å². The first-order chi connectivity index (χ1) is 18.5. The number of aromatic nitrogens is 1. The van der Waals surface area contributed by atoms with Crippen LogP contribution in [-0.2, 0) is 25.0 Å². The van der Waals surface area contributed by atoms with Crippen molar-refractivity contribution in [3.8, 4) is 5.75 Å². The van der Waals surface area contributed by atoms with Gasteiger partial charge >= 0.3 is 0 Å². The fraction of sp³-hybridized carbons (Fsp3) is 0.324. The Morgan fingerprint density at radius 2 is 1.71 bits per heavy atom. The molecular weight excluding hydrogens is 470 g/mol. The van der Waals surface area contributed by atoms with Crippen molar-refractivity contribution in [1.82, 2.24) is 4.98 Å². The predicted molar refractivity (Wildman–Crippen MR) is 149 cm³/mol. The molecule has 6 rings (SSSR count). The fourth-order valence-corrected chi connectivity index (χ4v) is 6.84. The SMILES string of the molecule is Cc1ncccc1COc1ccc2c(c1)CC[C@@H]1C[C@@](O)(c3ccccc3)[C@@H](O)C(Cc3ccccc3)[C@H]21. The second-order valence-electron chi connectivity index (χ2n) is 11.0. The smallest absolute Gasteiger partial charge is 0.120 e. The normalized spacial score (nSPS) is 26.3. The molecule has 0 aliphatic heterocycles. The van der Waals surface area contributed by atoms with Gasteiger partial charge in [0, 0.05) is 17.5 Å². The average Bonchev–Trinajstić information content (AvgIpc) is 2.96. The molecule has 2 aliphatic rings. The van der Waals surface area contributed by atoms with E-state index in [0.29, 0.717) is 13.0 Å². The van der Waals surface area contributed by atoms with Crippen LogP contribution in [-0.4, -0.2) is 21.3 Å². The van der Waals surface area contributed by atoms with E-state index in [4.69, 9.17) is 4.74 Å². The Morgan fingerprint density at radius 1 is 0.947 bits per heavy atom. The number of nitrogens with zero attached hydrogens (tertiary/aromatic N) is 1. The number of aliphatic hydroxyl groups excluding tert-OH is 1. The Hall–Kier alpha value is -3.47. The third kappa shape index (κ3) is 4.63. The largest absolute Gasteiger partial charge is 0.489 e. The van der Waals surface area contributed by atoms with Gasteiger partial charge in [0.15, 0.2) is 0 Å². The number of aliphatic hydroxyl groups is 2. The minimum atomic E-state index is -1.26. The maximum absolute atomic E-state index is 12.0. The first-order valence-corrected chi connectivity index (χ1v) is 13.7. The third-order valence-electron chi connectivity index (χ3n) is 8.79. The maximum atomic E-state index is 12.0. The average molecular weight is 506 g/mol. The van der Waals surface area contributed by atoms with Crippen molar-refractivity contribution in [1.29, 1.82) is 0 Å². The van der Waals surface area contributed by atoms with Crippen molar-refractivity contribution < 1.29 is 14.9 Å². The van der Waals surface area contributed by atoms with Crippen molar-refractivity contribution in [3.05, 3.63) is 131 Å². The first-order valence-electron chi connectivity index (χ1n) is 13.7. The van der Waals surface area contributed by atoms with Crippen LogP contribution in [0.25, 0.3) is 0 Å². The zero-order chi connectivity index (χ0) is 26.1. The molecule has 3 aromatic carbocycles. The summed E-state index contributed by atoms with van der Waals surface area (Å²) in [6, 6.07) is 30.6. The van der Waals surface area contributed by atoms with E-state index in [1.165, 1.54) is 16.7 Å². The Labute approximate surface area is 225 Å². The van der Waals surface area contributed by atoms with Gasteiger partial charge in [-0.2, -0.15) is 0 Å². The predicted octanol–water partition coefficient (Wildman–Crippen LogP) is 6.13. The van der Waals surface area contributed by atoms with Gasteiger partial charge in [0.1, 0.15) is 18.0 Å². The highest BCUT2D eigenvalue weighted by atomic mass is 16.5. The van der Waals surface area contributed by atoms with Gasteiger partial charge in [0.25, 0.3) is 0 Å². The van der Waals surface area contributed by atoms with Crippen LogP contribution in [0.3, 0.4) is 0 Å². The van der Waals surface area contributed by atoms with E-state index in [9.17, 15) is 10.2 Å². The van der Waals surface area contributed by atoms with Crippen LogP contribution < -0.4 is 4.74 Å². The number of ether oxygens (including phenoxy) is 1. The van der Waals surface area contributed by atoms with Gasteiger partial charge in [-0.1, -0.05) is 72.8 Å². The minimum absolute atomic E-state index is 0.106. The maximum Gasteiger partial charge on any atom is 0.120 e. The lowest BCUT2D eigenvalue weighted by Crippen LogP contribution is -2.54. The van der Waals surface area contributed by atoms with E-state index < -0.39 is 11.7 Å². The lowest BCUT2D eigenvalue weighted by molar-refractivity contribution is -0.156. The Balaban J connectivity index is 1.33. The molecule has 1 heterocycles. The molecule has 2 N–H and O–H groups in total. The highest BCUT2D eigenvalue weighted by Crippen LogP contribution is 2.55. The minimum Gasteiger partial charge on any atom is -0.489 e. The fourth-order valence-electron chi connectivity index (χ4n) is 6.84. The Kier molecular flexibility index (Phi) is 6.77. The zero-order valence-electron chi connectivity index (χ0n) is 21.8. The van der Waals surface area contributed by atoms with Gasteiger partial charge in [-0.25, -0.2) is 0 Å². The third-order valence-corrected chi connectivity index (χ3v) is 8.79. The number of benzene rings is 3. The zero-order valence-corrected chi connectivity index (χ0v) is 21.8. The van der Waals surface area contributed by atoms with Crippen molar-refractivity contribution in [2.75, 3.05) is 0 Å². The van der Waals surface area contributed by atoms with Crippen LogP contribution in [0.2, 0.25) is 0 Å². The second-order valence-corrected chi connectivity index (χ2v) is 11.0. The van der Waals surface area contributed by atoms with Crippen molar-refractivity contribution in [2.45, 2.75) is 56.8 Å². The van der Waals surface area contributed by atoms with Gasteiger partial charge in [-0.15, -0.1) is 0 Å². The monoisotopic (exact) mass is 505 g/mol. The summed E-state index contributed by atoms with van der Waals surface area (Å²) in [5.41, 5.74) is 5.39. The molecule has 0 saturated heterocycles. The molecule has 0 amide bonds. The summed E-state index contributed by atoms with van der Waals surface area (Å²) in [4.78, 5) is 4.37. The van der Waals surface area contributed by atoms with Crippen LogP contribution in [0.4, 0.5) is 0 Å². The Bertz CT molecular complexity index is 1390. The molecule has 4 nitrogen and oxygen atoms in total. The summed E-state index contributed by atoms with van der Waals surface area (Å²) in [7, 11) is 0. The topological polar surface area (TPSA) is 62.6 Å². The quantitative estimate of drug-likeness (QED) is 0.331. The molecule has 1 saturated carbocycles. The van der Waals surface area contributed by atoms with Crippen molar-refractivity contribution in [3.63, 3.8) is 0 Å². The Morgan fingerprint density at radius 3 is 2.47 bits per heavy atom. The molecule has 2 aliphatic carbocycles. The van der Waals surface area contributed by atoms with Gasteiger partial charge < -0.3 is 14.9 Å². The molecule has 0 spiro atoms. The van der Waals surface area contributed by atoms with E-state index >= 15 is 0 Å². The van der Waals surface area contributed by atoms with Gasteiger partial charge in [-0.3, -0.25) is 4.98 Å². The van der Waals surface area contributed by atoms with E-state index in [0.717, 1.165) is 41.8 Å². The van der Waals surface area contributed by atoms with Crippen LogP contribution in [0.1, 0.15) is 52.3 Å². The second kappa shape index (κ2) is 10.4. The molecule has 4 aromatic rings. The summed E-state index contributed by atoms with van der Waals surface area (Å²) in [6.45, 7) is 2.49. The molecule has 194 valence electrons. The van der Waals surface area contributed by atoms with Gasteiger partial charge in [-0.05, 0) is 90.8 Å². The molecule has 0 bridgehead atoms. The molecule has 0 radical (unpaired) electrons. The molecule has 4 heteroatoms. The lowest BCUT2D eigenvalue weighted by Gasteiger charge is -2.52. The van der Waals surface area contributed by atoms with E-state index in [-0.39, 0.29) is 17.8 Å². The molecule has 38 heavy (non-hydrogen) atoms. The number of hydrogen-bond donors (Lipinski definition) is 2. The summed E-state index contributed by atoms with van der Waals surface area (Å²) >= 11 is 0. The van der Waals surface area contributed by atoms with E-state index in [1.54, 1.807) is 6.20 Å². The van der Waals surface area contributed by atoms with Crippen LogP contribution in [0.5, 0.6) is 5.75 Å². The number of pyridine rings is 1. The van der Waals surface area contributed by atoms with Crippen molar-refractivity contribution in [2.24, 2.45) is 11.8 Å². The summed E-state index contributed by atoms with van der Waals surface area (Å²) in [6.07, 6.45) is 4.14. The summed E-state index contributed by atoms with van der Waals surface area (Å²) < 4.78 is 6.18. The highest BCUT2D eigenvalue weighted by molar-refractivity contribution is 5.42. The van der Waals surface area contributed by atoms with Crippen LogP contribution in [0.15, 0.2) is 97.2 Å². The molecule has 1 aromatic heterocycles. The molecular formula is C34H35NO3. The number of rotatable bonds is 6. The summed E-state index contributed by atoms with van der Waals surface area (Å²) in [5.74, 6) is 1.22. The van der Waals surface area contributed by atoms with E-state index in [1.807, 2.05) is 61.5 Å². The summed E-state index contributed by atoms with van der Waals surface area (Å²) in [5, 5.41) is 23.9. The number of aryl methyl sites for hydroxylation is 2. The highest BCUT2D eigenvalue weighted by Gasteiger charge is 2.54. The molecule has 1 unspecified atom stereocenters. The number of fused-ring (bicyclic) bond motifs is 3. The molecule has 1 fully saturated rings. The van der Waals surface area contributed by atoms with Crippen LogP contribution in [0, 0.1) is 18.8 Å². The standard InChI is InChI=1S/C34H35NO3/c1-23-27(11-8-18-35-23)22-38-29-16-17-30-25(20-29)14-15-26-21-34(37,28-12-6-3-7-13-28)33(36)31(32(26)30)19-24-9-4-2-5-10-24/h2-13,16-18,20,26,31-33,36-37H,14-15,19,21-22H2,1H3/t26-,31?,32+,33+,34-/m1/s1. The van der Waals surface area contributed by atoms with Crippen LogP contribution >= 0.6 is 0 Å². The number of hydrogen-bond acceptors (Lipinski definition) is 4. The first kappa shape index (κ1) is 24.8. The lowest BCUT2D eigenvalue weighted by atomic mass is 9.56. The van der Waals surface area contributed by atoms with Gasteiger partial charge in [0.2, 0.25) is 0 Å². The molecule has 5 atom stereocenters. The van der Waals surface area contributed by atoms with Gasteiger partial charge in [0.05, 0.1) is 6.10 Å².